The Morgan fingerprint density at radius 2 is 0.909 bits per heavy atom. The fourth-order valence-electron chi connectivity index (χ4n) is 4.60. The van der Waals surface area contributed by atoms with Crippen molar-refractivity contribution in [3.8, 4) is 11.5 Å². The van der Waals surface area contributed by atoms with Crippen molar-refractivity contribution in [1.82, 2.24) is 0 Å². The quantitative estimate of drug-likeness (QED) is 0.104. The van der Waals surface area contributed by atoms with E-state index < -0.39 is 11.9 Å². The Hall–Kier alpha value is -5.62. The number of nitrogens with zero attached hydrogens (tertiary/aromatic N) is 2. The molecule has 218 valence electrons. The summed E-state index contributed by atoms with van der Waals surface area (Å²) in [4.78, 5) is 35.2. The Morgan fingerprint density at radius 3 is 1.27 bits per heavy atom. The minimum Gasteiger partial charge on any atom is -0.423 e. The summed E-state index contributed by atoms with van der Waals surface area (Å²) in [7, 11) is 0. The van der Waals surface area contributed by atoms with Crippen LogP contribution < -0.4 is 9.47 Å². The van der Waals surface area contributed by atoms with Crippen LogP contribution in [0.25, 0.3) is 0 Å². The number of ether oxygens (including phenoxy) is 2. The molecule has 44 heavy (non-hydrogen) atoms. The molecule has 0 fully saturated rings. The lowest BCUT2D eigenvalue weighted by atomic mass is 10.1. The maximum atomic E-state index is 13.1. The van der Waals surface area contributed by atoms with E-state index in [4.69, 9.17) is 9.47 Å². The van der Waals surface area contributed by atoms with Crippen molar-refractivity contribution in [2.75, 3.05) is 0 Å². The van der Waals surface area contributed by atoms with E-state index in [0.29, 0.717) is 11.5 Å². The topological polar surface area (TPSA) is 77.3 Å². The Balaban J connectivity index is 1.22. The van der Waals surface area contributed by atoms with Gasteiger partial charge in [0, 0.05) is 12.4 Å². The van der Waals surface area contributed by atoms with E-state index in [1.54, 1.807) is 48.8 Å². The Labute approximate surface area is 257 Å². The number of aryl methyl sites for hydroxylation is 4. The standard InChI is InChI=1S/C38H32N2O4/c1-25-9-19-35(27(3)21-25)39-23-29-11-15-31(16-12-29)43-37(41)33-7-5-6-8-34(33)38(42)44-32-17-13-30(14-18-32)24-40-36-20-10-26(2)22-28(36)4/h5-24H,1-4H3. The van der Waals surface area contributed by atoms with Gasteiger partial charge in [0.1, 0.15) is 11.5 Å². The zero-order valence-corrected chi connectivity index (χ0v) is 25.1. The van der Waals surface area contributed by atoms with Crippen LogP contribution in [-0.4, -0.2) is 24.4 Å². The number of rotatable bonds is 8. The van der Waals surface area contributed by atoms with Gasteiger partial charge < -0.3 is 9.47 Å². The molecule has 0 aromatic heterocycles. The molecular weight excluding hydrogens is 548 g/mol. The second kappa shape index (κ2) is 13.6. The minimum atomic E-state index is -0.660. The summed E-state index contributed by atoms with van der Waals surface area (Å²) in [6, 6.07) is 32.6. The summed E-state index contributed by atoms with van der Waals surface area (Å²) in [5.74, 6) is -0.626. The number of hydrogen-bond acceptors (Lipinski definition) is 6. The number of aliphatic imine (C=N–C) groups is 2. The van der Waals surface area contributed by atoms with Gasteiger partial charge in [-0.25, -0.2) is 9.59 Å². The third-order valence-electron chi connectivity index (χ3n) is 6.96. The zero-order valence-electron chi connectivity index (χ0n) is 25.1. The molecule has 0 N–H and O–H groups in total. The van der Waals surface area contributed by atoms with Gasteiger partial charge in [0.15, 0.2) is 0 Å². The molecule has 6 nitrogen and oxygen atoms in total. The van der Waals surface area contributed by atoms with Crippen LogP contribution in [-0.2, 0) is 0 Å². The van der Waals surface area contributed by atoms with Gasteiger partial charge in [-0.15, -0.1) is 0 Å². The van der Waals surface area contributed by atoms with Gasteiger partial charge in [0.05, 0.1) is 22.5 Å². The molecule has 0 radical (unpaired) electrons. The zero-order chi connectivity index (χ0) is 31.1. The first kappa shape index (κ1) is 29.9. The van der Waals surface area contributed by atoms with E-state index in [1.807, 2.05) is 76.2 Å². The predicted octanol–water partition coefficient (Wildman–Crippen LogP) is 8.86. The normalized spacial score (nSPS) is 11.2. The first-order valence-electron chi connectivity index (χ1n) is 14.2. The maximum absolute atomic E-state index is 13.1. The van der Waals surface area contributed by atoms with E-state index in [9.17, 15) is 9.59 Å². The van der Waals surface area contributed by atoms with Crippen LogP contribution in [0.2, 0.25) is 0 Å². The van der Waals surface area contributed by atoms with Crippen LogP contribution in [0, 0.1) is 27.7 Å². The number of benzene rings is 5. The van der Waals surface area contributed by atoms with Crippen LogP contribution >= 0.6 is 0 Å². The highest BCUT2D eigenvalue weighted by molar-refractivity contribution is 6.04. The molecule has 5 aromatic carbocycles. The third-order valence-corrected chi connectivity index (χ3v) is 6.96. The smallest absolute Gasteiger partial charge is 0.344 e. The highest BCUT2D eigenvalue weighted by Crippen LogP contribution is 2.22. The number of esters is 2. The van der Waals surface area contributed by atoms with Crippen molar-refractivity contribution >= 4 is 35.7 Å². The van der Waals surface area contributed by atoms with E-state index in [1.165, 1.54) is 23.3 Å². The molecule has 0 spiro atoms. The van der Waals surface area contributed by atoms with Crippen molar-refractivity contribution in [3.63, 3.8) is 0 Å². The molecule has 0 amide bonds. The molecule has 5 aromatic rings. The van der Waals surface area contributed by atoms with Gasteiger partial charge >= 0.3 is 11.9 Å². The molecular formula is C38H32N2O4. The summed E-state index contributed by atoms with van der Waals surface area (Å²) < 4.78 is 11.2. The monoisotopic (exact) mass is 580 g/mol. The minimum absolute atomic E-state index is 0.107. The van der Waals surface area contributed by atoms with Crippen LogP contribution in [0.1, 0.15) is 54.1 Å². The lowest BCUT2D eigenvalue weighted by molar-refractivity contribution is 0.0692. The maximum Gasteiger partial charge on any atom is 0.344 e. The van der Waals surface area contributed by atoms with Gasteiger partial charge in [-0.3, -0.25) is 9.98 Å². The average molecular weight is 581 g/mol. The van der Waals surface area contributed by atoms with Gasteiger partial charge in [-0.05, 0) is 123 Å². The summed E-state index contributed by atoms with van der Waals surface area (Å²) in [6.45, 7) is 8.14. The number of carbonyl (C=O) groups excluding carboxylic acids is 2. The van der Waals surface area contributed by atoms with Crippen molar-refractivity contribution in [3.05, 3.63) is 154 Å². The fraction of sp³-hybridized carbons (Fsp3) is 0.105. The lowest BCUT2D eigenvalue weighted by Gasteiger charge is -2.10. The average Bonchev–Trinajstić information content (AvgIpc) is 3.01. The number of hydrogen-bond donors (Lipinski definition) is 0. The Morgan fingerprint density at radius 1 is 0.523 bits per heavy atom. The first-order chi connectivity index (χ1) is 21.2. The summed E-state index contributed by atoms with van der Waals surface area (Å²) in [5, 5.41) is 0. The Kier molecular flexibility index (Phi) is 9.21. The van der Waals surface area contributed by atoms with E-state index in [0.717, 1.165) is 33.6 Å². The SMILES string of the molecule is Cc1ccc(N=Cc2ccc(OC(=O)c3ccccc3C(=O)Oc3ccc(C=Nc4ccc(C)cc4C)cc3)cc2)c(C)c1. The second-order valence-electron chi connectivity index (χ2n) is 10.6. The summed E-state index contributed by atoms with van der Waals surface area (Å²) in [6.07, 6.45) is 3.53. The van der Waals surface area contributed by atoms with Crippen molar-refractivity contribution in [1.29, 1.82) is 0 Å². The Bertz CT molecular complexity index is 1730. The molecule has 0 saturated heterocycles. The highest BCUT2D eigenvalue weighted by atomic mass is 16.5. The van der Waals surface area contributed by atoms with E-state index >= 15 is 0 Å². The van der Waals surface area contributed by atoms with E-state index in [-0.39, 0.29) is 11.1 Å². The fourth-order valence-corrected chi connectivity index (χ4v) is 4.60. The number of carbonyl (C=O) groups is 2. The predicted molar refractivity (Wildman–Crippen MR) is 176 cm³/mol. The van der Waals surface area contributed by atoms with Gasteiger partial charge in [-0.2, -0.15) is 0 Å². The van der Waals surface area contributed by atoms with Crippen LogP contribution in [0.3, 0.4) is 0 Å². The van der Waals surface area contributed by atoms with Gasteiger partial charge in [0.2, 0.25) is 0 Å². The van der Waals surface area contributed by atoms with Crippen molar-refractivity contribution in [2.45, 2.75) is 27.7 Å². The van der Waals surface area contributed by atoms with E-state index in [2.05, 4.69) is 22.1 Å². The van der Waals surface area contributed by atoms with Crippen LogP contribution in [0.4, 0.5) is 11.4 Å². The largest absolute Gasteiger partial charge is 0.423 e. The molecule has 0 aliphatic carbocycles. The summed E-state index contributed by atoms with van der Waals surface area (Å²) in [5.41, 5.74) is 8.29. The molecule has 0 heterocycles. The molecule has 0 aliphatic rings. The molecule has 5 rings (SSSR count). The highest BCUT2D eigenvalue weighted by Gasteiger charge is 2.20. The van der Waals surface area contributed by atoms with Gasteiger partial charge in [0.25, 0.3) is 0 Å². The third kappa shape index (κ3) is 7.61. The lowest BCUT2D eigenvalue weighted by Crippen LogP contribution is -2.17. The molecule has 0 unspecified atom stereocenters. The molecule has 0 saturated carbocycles. The summed E-state index contributed by atoms with van der Waals surface area (Å²) >= 11 is 0. The van der Waals surface area contributed by atoms with Crippen molar-refractivity contribution < 1.29 is 19.1 Å². The molecule has 6 heteroatoms. The van der Waals surface area contributed by atoms with Crippen LogP contribution in [0.5, 0.6) is 11.5 Å². The van der Waals surface area contributed by atoms with Crippen molar-refractivity contribution in [2.24, 2.45) is 9.98 Å². The van der Waals surface area contributed by atoms with Gasteiger partial charge in [-0.1, -0.05) is 47.5 Å². The molecule has 0 bridgehead atoms. The van der Waals surface area contributed by atoms with Crippen LogP contribution in [0.15, 0.2) is 119 Å². The molecule has 0 aliphatic heterocycles. The molecule has 0 atom stereocenters. The second-order valence-corrected chi connectivity index (χ2v) is 10.6. The first-order valence-corrected chi connectivity index (χ1v) is 14.2.